The van der Waals surface area contributed by atoms with Crippen LogP contribution in [0.3, 0.4) is 0 Å². The molecule has 0 aliphatic carbocycles. The van der Waals surface area contributed by atoms with Crippen molar-refractivity contribution in [3.05, 3.63) is 71.7 Å². The number of pyridine rings is 1. The van der Waals surface area contributed by atoms with Crippen LogP contribution in [0.4, 0.5) is 0 Å². The van der Waals surface area contributed by atoms with Crippen molar-refractivity contribution in [2.45, 2.75) is 11.7 Å². The zero-order chi connectivity index (χ0) is 21.8. The minimum Gasteiger partial charge on any atom is -0.459 e. The van der Waals surface area contributed by atoms with Crippen LogP contribution >= 0.6 is 23.4 Å². The number of carbonyl (C=O) groups excluding carboxylic acids is 1. The van der Waals surface area contributed by atoms with E-state index in [4.69, 9.17) is 16.0 Å². The van der Waals surface area contributed by atoms with Gasteiger partial charge in [-0.05, 0) is 48.5 Å². The van der Waals surface area contributed by atoms with E-state index in [9.17, 15) is 4.79 Å². The predicted molar refractivity (Wildman–Crippen MR) is 121 cm³/mol. The van der Waals surface area contributed by atoms with Gasteiger partial charge in [0.05, 0.1) is 12.3 Å². The van der Waals surface area contributed by atoms with E-state index < -0.39 is 0 Å². The summed E-state index contributed by atoms with van der Waals surface area (Å²) in [5.41, 5.74) is 1.81. The molecule has 1 amide bonds. The first kappa shape index (κ1) is 21.1. The Morgan fingerprint density at radius 3 is 2.68 bits per heavy atom. The lowest BCUT2D eigenvalue weighted by molar-refractivity contribution is -0.127. The molecule has 0 N–H and O–H groups in total. The summed E-state index contributed by atoms with van der Waals surface area (Å²) in [6.45, 7) is 0.382. The van der Waals surface area contributed by atoms with Gasteiger partial charge in [-0.2, -0.15) is 0 Å². The minimum absolute atomic E-state index is 0.0274. The maximum absolute atomic E-state index is 12.6. The third-order valence-corrected chi connectivity index (χ3v) is 5.95. The molecule has 3 aromatic heterocycles. The Kier molecular flexibility index (Phi) is 6.39. The molecule has 31 heavy (non-hydrogen) atoms. The highest BCUT2D eigenvalue weighted by atomic mass is 35.5. The van der Waals surface area contributed by atoms with Gasteiger partial charge in [0.1, 0.15) is 11.5 Å². The number of carbonyl (C=O) groups is 1. The lowest BCUT2D eigenvalue weighted by Gasteiger charge is -2.15. The Hall–Kier alpha value is -3.10. The van der Waals surface area contributed by atoms with Crippen molar-refractivity contribution in [2.75, 3.05) is 12.8 Å². The maximum atomic E-state index is 12.6. The first-order valence-corrected chi connectivity index (χ1v) is 10.9. The number of thioether (sulfide) groups is 1. The van der Waals surface area contributed by atoms with Gasteiger partial charge >= 0.3 is 0 Å². The molecule has 3 heterocycles. The molecule has 0 saturated carbocycles. The molecule has 9 heteroatoms. The second kappa shape index (κ2) is 9.36. The summed E-state index contributed by atoms with van der Waals surface area (Å²) in [6, 6.07) is 15.0. The van der Waals surface area contributed by atoms with Crippen LogP contribution in [-0.4, -0.2) is 43.4 Å². The highest BCUT2D eigenvalue weighted by Crippen LogP contribution is 2.25. The molecule has 4 rings (SSSR count). The lowest BCUT2D eigenvalue weighted by atomic mass is 10.2. The van der Waals surface area contributed by atoms with Crippen molar-refractivity contribution < 1.29 is 9.21 Å². The number of amides is 1. The molecule has 1 aromatic carbocycles. The minimum atomic E-state index is -0.0274. The number of furan rings is 1. The van der Waals surface area contributed by atoms with E-state index in [1.165, 1.54) is 11.8 Å². The molecule has 0 radical (unpaired) electrons. The normalized spacial score (nSPS) is 10.9. The quantitative estimate of drug-likeness (QED) is 0.382. The Morgan fingerprint density at radius 2 is 1.94 bits per heavy atom. The summed E-state index contributed by atoms with van der Waals surface area (Å²) in [4.78, 5) is 18.3. The van der Waals surface area contributed by atoms with Crippen molar-refractivity contribution in [3.63, 3.8) is 0 Å². The zero-order valence-corrected chi connectivity index (χ0v) is 18.6. The molecule has 0 aliphatic heterocycles. The molecular weight excluding hydrogens is 434 g/mol. The Morgan fingerprint density at radius 1 is 1.13 bits per heavy atom. The van der Waals surface area contributed by atoms with Crippen molar-refractivity contribution in [1.29, 1.82) is 0 Å². The van der Waals surface area contributed by atoms with E-state index in [0.717, 1.165) is 16.9 Å². The summed E-state index contributed by atoms with van der Waals surface area (Å²) >= 11 is 7.28. The van der Waals surface area contributed by atoms with Gasteiger partial charge in [-0.3, -0.25) is 9.78 Å². The molecule has 0 saturated heterocycles. The largest absolute Gasteiger partial charge is 0.459 e. The molecule has 0 atom stereocenters. The van der Waals surface area contributed by atoms with Crippen LogP contribution in [0.15, 0.2) is 70.5 Å². The maximum Gasteiger partial charge on any atom is 0.233 e. The highest BCUT2D eigenvalue weighted by molar-refractivity contribution is 7.99. The average molecular weight is 454 g/mol. The van der Waals surface area contributed by atoms with E-state index in [1.54, 1.807) is 24.3 Å². The van der Waals surface area contributed by atoms with E-state index in [0.29, 0.717) is 28.3 Å². The standard InChI is InChI=1S/C22H20ClN5O2S/c1-27(13-18-9-10-19(30-18)15-5-7-17(23)8-6-15)20(29)14-31-22-26-25-21(28(22)2)16-4-3-11-24-12-16/h3-12H,13-14H2,1-2H3. The number of hydrogen-bond donors (Lipinski definition) is 0. The molecule has 0 spiro atoms. The van der Waals surface area contributed by atoms with Gasteiger partial charge in [0.15, 0.2) is 11.0 Å². The van der Waals surface area contributed by atoms with Crippen molar-refractivity contribution in [1.82, 2.24) is 24.6 Å². The molecule has 158 valence electrons. The van der Waals surface area contributed by atoms with E-state index in [1.807, 2.05) is 60.1 Å². The van der Waals surface area contributed by atoms with Crippen molar-refractivity contribution in [3.8, 4) is 22.7 Å². The second-order valence-electron chi connectivity index (χ2n) is 6.92. The third-order valence-electron chi connectivity index (χ3n) is 4.69. The number of hydrogen-bond acceptors (Lipinski definition) is 6. The van der Waals surface area contributed by atoms with Crippen LogP contribution in [0.5, 0.6) is 0 Å². The van der Waals surface area contributed by atoms with Gasteiger partial charge in [0, 0.05) is 42.6 Å². The number of nitrogens with zero attached hydrogens (tertiary/aromatic N) is 5. The first-order chi connectivity index (χ1) is 15.0. The van der Waals surface area contributed by atoms with Crippen LogP contribution in [-0.2, 0) is 18.4 Å². The van der Waals surface area contributed by atoms with Gasteiger partial charge in [-0.1, -0.05) is 23.4 Å². The molecule has 0 unspecified atom stereocenters. The third kappa shape index (κ3) is 4.98. The molecule has 7 nitrogen and oxygen atoms in total. The molecule has 0 aliphatic rings. The lowest BCUT2D eigenvalue weighted by Crippen LogP contribution is -2.27. The summed E-state index contributed by atoms with van der Waals surface area (Å²) in [5, 5.41) is 9.76. The number of halogens is 1. The Labute approximate surface area is 189 Å². The summed E-state index contributed by atoms with van der Waals surface area (Å²) < 4.78 is 7.75. The molecular formula is C22H20ClN5O2S. The van der Waals surface area contributed by atoms with Gasteiger partial charge in [-0.25, -0.2) is 0 Å². The van der Waals surface area contributed by atoms with Gasteiger partial charge in [0.2, 0.25) is 5.91 Å². The van der Waals surface area contributed by atoms with Gasteiger partial charge in [0.25, 0.3) is 0 Å². The van der Waals surface area contributed by atoms with E-state index in [-0.39, 0.29) is 11.7 Å². The van der Waals surface area contributed by atoms with Crippen LogP contribution in [0.1, 0.15) is 5.76 Å². The molecule has 4 aromatic rings. The van der Waals surface area contributed by atoms with Crippen LogP contribution in [0, 0.1) is 0 Å². The molecule has 0 bridgehead atoms. The smallest absolute Gasteiger partial charge is 0.233 e. The Balaban J connectivity index is 1.34. The number of rotatable bonds is 7. The Bertz CT molecular complexity index is 1170. The summed E-state index contributed by atoms with van der Waals surface area (Å²) in [6.07, 6.45) is 3.44. The summed E-state index contributed by atoms with van der Waals surface area (Å²) in [5.74, 6) is 2.38. The zero-order valence-electron chi connectivity index (χ0n) is 17.0. The van der Waals surface area contributed by atoms with E-state index >= 15 is 0 Å². The van der Waals surface area contributed by atoms with Gasteiger partial charge < -0.3 is 13.9 Å². The van der Waals surface area contributed by atoms with Crippen molar-refractivity contribution >= 4 is 29.3 Å². The van der Waals surface area contributed by atoms with Crippen LogP contribution in [0.2, 0.25) is 5.02 Å². The fourth-order valence-electron chi connectivity index (χ4n) is 2.98. The number of benzene rings is 1. The SMILES string of the molecule is CN(Cc1ccc(-c2ccc(Cl)cc2)o1)C(=O)CSc1nnc(-c2cccnc2)n1C. The second-order valence-corrected chi connectivity index (χ2v) is 8.30. The van der Waals surface area contributed by atoms with Crippen molar-refractivity contribution in [2.24, 2.45) is 7.05 Å². The van der Waals surface area contributed by atoms with Crippen LogP contribution < -0.4 is 0 Å². The number of aromatic nitrogens is 4. The fraction of sp³-hybridized carbons (Fsp3) is 0.182. The monoisotopic (exact) mass is 453 g/mol. The fourth-order valence-corrected chi connectivity index (χ4v) is 3.96. The summed E-state index contributed by atoms with van der Waals surface area (Å²) in [7, 11) is 3.63. The highest BCUT2D eigenvalue weighted by Gasteiger charge is 2.16. The predicted octanol–water partition coefficient (Wildman–Crippen LogP) is 4.54. The molecule has 0 fully saturated rings. The van der Waals surface area contributed by atoms with E-state index in [2.05, 4.69) is 15.2 Å². The van der Waals surface area contributed by atoms with Crippen LogP contribution in [0.25, 0.3) is 22.7 Å². The van der Waals surface area contributed by atoms with Gasteiger partial charge in [-0.15, -0.1) is 10.2 Å². The topological polar surface area (TPSA) is 77.1 Å². The first-order valence-electron chi connectivity index (χ1n) is 9.52. The average Bonchev–Trinajstić information content (AvgIpc) is 3.39.